The van der Waals surface area contributed by atoms with Crippen LogP contribution in [-0.2, 0) is 22.6 Å². The van der Waals surface area contributed by atoms with Gasteiger partial charge >= 0.3 is 0 Å². The molecule has 0 radical (unpaired) electrons. The van der Waals surface area contributed by atoms with Crippen molar-refractivity contribution < 1.29 is 18.8 Å². The Labute approximate surface area is 377 Å². The molecular formula is C50H67FN10O3. The molecule has 14 heteroatoms. The lowest BCUT2D eigenvalue weighted by Crippen LogP contribution is -2.52. The summed E-state index contributed by atoms with van der Waals surface area (Å²) in [7, 11) is 1.82. The van der Waals surface area contributed by atoms with Gasteiger partial charge in [0.25, 0.3) is 5.91 Å². The molecule has 0 spiro atoms. The highest BCUT2D eigenvalue weighted by Gasteiger charge is 2.41. The third kappa shape index (κ3) is 9.42. The molecule has 0 aliphatic carbocycles. The Bertz CT molecular complexity index is 2290. The molecule has 4 fully saturated rings. The van der Waals surface area contributed by atoms with Gasteiger partial charge in [-0.25, -0.2) is 9.38 Å². The number of aliphatic imine (C=N–C) groups is 2. The fraction of sp³-hybridized carbons (Fsp3) is 0.580. The molecule has 1 unspecified atom stereocenters. The lowest BCUT2D eigenvalue weighted by molar-refractivity contribution is -0.136. The van der Waals surface area contributed by atoms with Crippen molar-refractivity contribution in [2.24, 2.45) is 21.8 Å². The standard InChI is InChI=1S/C50H67FN10O3/c1-33(46-45-41(40-8-6-7-9-42(40)54-45)26-34(2)61(46)32-50(3,4)51)28-53-49(52-5)59-20-16-36(17-21-59)30-57-24-22-56(23-25-57)29-35-14-18-58(19-15-35)38-10-11-39-37(27-38)31-60(48(39)64)43-12-13-44(62)55-47(43)63/h6-11,27-28,34-36,43,46,54H,1,12-26,29-32H2,2-5H3,(H,55,62,63)/t34-,43?,46-/m1/s1. The number of amides is 3. The summed E-state index contributed by atoms with van der Waals surface area (Å²) in [6.07, 6.45) is 7.90. The van der Waals surface area contributed by atoms with Crippen molar-refractivity contribution in [1.29, 1.82) is 0 Å². The summed E-state index contributed by atoms with van der Waals surface area (Å²) in [6, 6.07) is 13.9. The second-order valence-electron chi connectivity index (χ2n) is 20.0. The smallest absolute Gasteiger partial charge is 0.255 e. The molecule has 13 nitrogen and oxygen atoms in total. The van der Waals surface area contributed by atoms with Gasteiger partial charge < -0.3 is 29.5 Å². The second kappa shape index (κ2) is 18.5. The molecule has 0 saturated carbocycles. The maximum Gasteiger partial charge on any atom is 0.255 e. The molecule has 3 atom stereocenters. The Morgan fingerprint density at radius 2 is 1.58 bits per heavy atom. The number of H-pyrrole nitrogens is 1. The van der Waals surface area contributed by atoms with E-state index in [0.717, 1.165) is 132 Å². The maximum absolute atomic E-state index is 15.2. The van der Waals surface area contributed by atoms with E-state index in [2.05, 4.69) is 89.7 Å². The Hall–Kier alpha value is -4.92. The molecule has 3 aromatic rings. The molecule has 6 aliphatic heterocycles. The zero-order valence-electron chi connectivity index (χ0n) is 38.3. The first kappa shape index (κ1) is 44.3. The Balaban J connectivity index is 0.712. The van der Waals surface area contributed by atoms with Gasteiger partial charge in [-0.05, 0) is 112 Å². The lowest BCUT2D eigenvalue weighted by Gasteiger charge is -2.43. The summed E-state index contributed by atoms with van der Waals surface area (Å²) < 4.78 is 15.2. The van der Waals surface area contributed by atoms with Crippen LogP contribution in [0.3, 0.4) is 0 Å². The molecule has 1 aromatic heterocycles. The second-order valence-corrected chi connectivity index (χ2v) is 20.0. The van der Waals surface area contributed by atoms with Crippen LogP contribution in [0, 0.1) is 11.8 Å². The Morgan fingerprint density at radius 3 is 2.23 bits per heavy atom. The first-order valence-electron chi connectivity index (χ1n) is 23.8. The number of rotatable bonds is 10. The lowest BCUT2D eigenvalue weighted by atomic mass is 9.88. The van der Waals surface area contributed by atoms with Gasteiger partial charge in [-0.2, -0.15) is 0 Å². The number of benzene rings is 2. The third-order valence-electron chi connectivity index (χ3n) is 14.9. The number of guanidine groups is 1. The summed E-state index contributed by atoms with van der Waals surface area (Å²) in [5, 5.41) is 3.62. The molecule has 342 valence electrons. The summed E-state index contributed by atoms with van der Waals surface area (Å²) in [4.78, 5) is 64.5. The topological polar surface area (TPSA) is 123 Å². The van der Waals surface area contributed by atoms with E-state index < -0.39 is 11.7 Å². The quantitative estimate of drug-likeness (QED) is 0.149. The number of nitrogens with zero attached hydrogens (tertiary/aromatic N) is 8. The fourth-order valence-corrected chi connectivity index (χ4v) is 11.4. The molecule has 6 aliphatic rings. The number of fused-ring (bicyclic) bond motifs is 4. The number of piperidine rings is 3. The number of hydrogen-bond donors (Lipinski definition) is 2. The monoisotopic (exact) mass is 875 g/mol. The normalized spacial score (nSPS) is 25.1. The number of aromatic amines is 1. The SMILES string of the molecule is C=C(C=NC(=NC)N1CCC(CN2CCN(CC3CCN(c4ccc5c(c4)CN(C4CCC(=O)NC4=O)C5=O)CC3)CC2)CC1)[C@@H]1c2[nH]c3ccccc3c2C[C@@H](C)N1CC(C)(C)F. The van der Waals surface area contributed by atoms with Gasteiger partial charge in [0.1, 0.15) is 11.7 Å². The van der Waals surface area contributed by atoms with E-state index in [1.165, 1.54) is 10.9 Å². The number of alkyl halides is 1. The highest BCUT2D eigenvalue weighted by molar-refractivity contribution is 6.05. The predicted molar refractivity (Wildman–Crippen MR) is 252 cm³/mol. The van der Waals surface area contributed by atoms with Crippen LogP contribution >= 0.6 is 0 Å². The minimum absolute atomic E-state index is 0.120. The van der Waals surface area contributed by atoms with Gasteiger partial charge in [0.05, 0.1) is 6.04 Å². The summed E-state index contributed by atoms with van der Waals surface area (Å²) in [6.45, 7) is 21.4. The van der Waals surface area contributed by atoms with Crippen LogP contribution in [0.2, 0.25) is 0 Å². The van der Waals surface area contributed by atoms with Crippen molar-refractivity contribution in [3.8, 4) is 0 Å². The van der Waals surface area contributed by atoms with Crippen molar-refractivity contribution in [1.82, 2.24) is 34.8 Å². The summed E-state index contributed by atoms with van der Waals surface area (Å²) in [5.74, 6) is 1.31. The number of hydrogen-bond acceptors (Lipinski definition) is 8. The minimum atomic E-state index is -1.35. The number of halogens is 1. The third-order valence-corrected chi connectivity index (χ3v) is 14.9. The van der Waals surface area contributed by atoms with Crippen molar-refractivity contribution in [2.45, 2.75) is 96.1 Å². The van der Waals surface area contributed by atoms with Gasteiger partial charge in [0.15, 0.2) is 0 Å². The number of likely N-dealkylation sites (tertiary alicyclic amines) is 1. The Morgan fingerprint density at radius 1 is 0.906 bits per heavy atom. The largest absolute Gasteiger partial charge is 0.372 e. The van der Waals surface area contributed by atoms with Crippen LogP contribution in [0.15, 0.2) is 64.6 Å². The van der Waals surface area contributed by atoms with Gasteiger partial charge in [-0.1, -0.05) is 24.8 Å². The number of aromatic nitrogens is 1. The number of carbonyl (C=O) groups is 3. The van der Waals surface area contributed by atoms with E-state index in [9.17, 15) is 14.4 Å². The number of imide groups is 1. The minimum Gasteiger partial charge on any atom is -0.372 e. The molecule has 2 N–H and O–H groups in total. The number of para-hydroxylation sites is 1. The molecule has 64 heavy (non-hydrogen) atoms. The van der Waals surface area contributed by atoms with Crippen LogP contribution in [0.5, 0.6) is 0 Å². The van der Waals surface area contributed by atoms with Crippen molar-refractivity contribution >= 4 is 46.5 Å². The number of piperazine rings is 1. The highest BCUT2D eigenvalue weighted by atomic mass is 19.1. The molecule has 0 bridgehead atoms. The van der Waals surface area contributed by atoms with E-state index in [0.29, 0.717) is 36.9 Å². The molecule has 3 amide bonds. The van der Waals surface area contributed by atoms with E-state index in [1.807, 2.05) is 19.3 Å². The summed E-state index contributed by atoms with van der Waals surface area (Å²) >= 11 is 0. The van der Waals surface area contributed by atoms with Crippen molar-refractivity contribution in [3.63, 3.8) is 0 Å². The van der Waals surface area contributed by atoms with Gasteiger partial charge in [0, 0.05) is 132 Å². The predicted octanol–water partition coefficient (Wildman–Crippen LogP) is 5.82. The van der Waals surface area contributed by atoms with Crippen molar-refractivity contribution in [3.05, 3.63) is 77.0 Å². The van der Waals surface area contributed by atoms with Gasteiger partial charge in [-0.3, -0.25) is 29.6 Å². The number of carbonyl (C=O) groups excluding carboxylic acids is 3. The van der Waals surface area contributed by atoms with Crippen molar-refractivity contribution in [2.75, 3.05) is 83.9 Å². The van der Waals surface area contributed by atoms with E-state index in [1.54, 1.807) is 18.7 Å². The first-order chi connectivity index (χ1) is 30.8. The Kier molecular flexibility index (Phi) is 12.8. The fourth-order valence-electron chi connectivity index (χ4n) is 11.4. The first-order valence-corrected chi connectivity index (χ1v) is 23.8. The van der Waals surface area contributed by atoms with Crippen LogP contribution in [-0.4, -0.2) is 156 Å². The van der Waals surface area contributed by atoms with E-state index in [-0.39, 0.29) is 36.2 Å². The average Bonchev–Trinajstić information content (AvgIpc) is 3.81. The molecule has 4 saturated heterocycles. The van der Waals surface area contributed by atoms with Crippen LogP contribution in [0.4, 0.5) is 10.1 Å². The zero-order chi connectivity index (χ0) is 44.7. The van der Waals surface area contributed by atoms with Crippen LogP contribution < -0.4 is 10.2 Å². The van der Waals surface area contributed by atoms with E-state index >= 15 is 4.39 Å². The number of nitrogens with one attached hydrogen (secondary N) is 2. The average molecular weight is 875 g/mol. The molecule has 9 rings (SSSR count). The molecule has 2 aromatic carbocycles. The molecular weight excluding hydrogens is 808 g/mol. The van der Waals surface area contributed by atoms with Crippen LogP contribution in [0.1, 0.15) is 92.5 Å². The zero-order valence-corrected chi connectivity index (χ0v) is 38.3. The molecule has 7 heterocycles. The van der Waals surface area contributed by atoms with E-state index in [4.69, 9.17) is 4.99 Å². The van der Waals surface area contributed by atoms with Crippen LogP contribution in [0.25, 0.3) is 10.9 Å². The van der Waals surface area contributed by atoms with Gasteiger partial charge in [-0.15, -0.1) is 0 Å². The maximum atomic E-state index is 15.2. The number of anilines is 1. The van der Waals surface area contributed by atoms with Gasteiger partial charge in [0.2, 0.25) is 17.8 Å². The summed E-state index contributed by atoms with van der Waals surface area (Å²) in [5.41, 5.74) is 5.74. The highest BCUT2D eigenvalue weighted by Crippen LogP contribution is 2.41.